The lowest BCUT2D eigenvalue weighted by molar-refractivity contribution is -0.0421. The molecular weight excluding hydrogens is 362 g/mol. The van der Waals surface area contributed by atoms with Crippen LogP contribution in [0.25, 0.3) is 0 Å². The Morgan fingerprint density at radius 1 is 0.900 bits per heavy atom. The molecule has 1 N–H and O–H groups in total. The average Bonchev–Trinajstić information content (AvgIpc) is 3.08. The molecule has 3 fully saturated rings. The van der Waals surface area contributed by atoms with Crippen molar-refractivity contribution in [1.29, 1.82) is 0 Å². The van der Waals surface area contributed by atoms with Crippen LogP contribution in [0.3, 0.4) is 0 Å². The molecule has 4 rings (SSSR count). The van der Waals surface area contributed by atoms with Gasteiger partial charge in [0.1, 0.15) is 0 Å². The Labute approximate surface area is 188 Å². The molecule has 0 spiro atoms. The predicted octanol–water partition coefficient (Wildman–Crippen LogP) is 8.30. The molecule has 0 heterocycles. The topological polar surface area (TPSA) is 12.0 Å². The van der Waals surface area contributed by atoms with Crippen molar-refractivity contribution in [2.75, 3.05) is 13.1 Å². The van der Waals surface area contributed by atoms with Crippen LogP contribution in [0.5, 0.6) is 0 Å². The van der Waals surface area contributed by atoms with Crippen molar-refractivity contribution < 1.29 is 0 Å². The van der Waals surface area contributed by atoms with Gasteiger partial charge in [-0.25, -0.2) is 0 Å². The fourth-order valence-corrected chi connectivity index (χ4v) is 8.71. The normalized spacial score (nSPS) is 40.4. The minimum absolute atomic E-state index is 0.569. The SMILES string of the molecule is CCCCCCCCNCC[C@H]1CC[C@H]2[C@@H]3CC=C4CCCC[C@]4(C)[C@H]3CC[C@]12C. The lowest BCUT2D eigenvalue weighted by Crippen LogP contribution is -2.49. The van der Waals surface area contributed by atoms with Crippen LogP contribution in [0.1, 0.15) is 124 Å². The largest absolute Gasteiger partial charge is 0.317 e. The first-order valence-corrected chi connectivity index (χ1v) is 14.0. The van der Waals surface area contributed by atoms with Crippen molar-refractivity contribution in [3.63, 3.8) is 0 Å². The molecule has 1 nitrogen and oxygen atoms in total. The van der Waals surface area contributed by atoms with E-state index in [-0.39, 0.29) is 0 Å². The molecule has 4 aliphatic rings. The summed E-state index contributed by atoms with van der Waals surface area (Å²) < 4.78 is 0. The van der Waals surface area contributed by atoms with Crippen LogP contribution in [-0.4, -0.2) is 13.1 Å². The van der Waals surface area contributed by atoms with Crippen LogP contribution in [0, 0.1) is 34.5 Å². The Kier molecular flexibility index (Phi) is 7.70. The second-order valence-electron chi connectivity index (χ2n) is 12.1. The summed E-state index contributed by atoms with van der Waals surface area (Å²) in [6.07, 6.45) is 25.9. The second-order valence-corrected chi connectivity index (χ2v) is 12.1. The van der Waals surface area contributed by atoms with Gasteiger partial charge in [0.05, 0.1) is 0 Å². The zero-order valence-corrected chi connectivity index (χ0v) is 20.6. The monoisotopic (exact) mass is 413 g/mol. The van der Waals surface area contributed by atoms with Gasteiger partial charge in [-0.05, 0) is 112 Å². The van der Waals surface area contributed by atoms with E-state index in [1.807, 2.05) is 5.57 Å². The number of fused-ring (bicyclic) bond motifs is 5. The first-order valence-electron chi connectivity index (χ1n) is 14.0. The summed E-state index contributed by atoms with van der Waals surface area (Å²) in [5.74, 6) is 3.98. The first-order chi connectivity index (χ1) is 14.6. The molecule has 172 valence electrons. The smallest absolute Gasteiger partial charge is 0.00461 e. The Morgan fingerprint density at radius 3 is 2.60 bits per heavy atom. The Morgan fingerprint density at radius 2 is 1.73 bits per heavy atom. The average molecular weight is 414 g/mol. The van der Waals surface area contributed by atoms with Gasteiger partial charge >= 0.3 is 0 Å². The molecule has 6 atom stereocenters. The van der Waals surface area contributed by atoms with Gasteiger partial charge in [0.2, 0.25) is 0 Å². The van der Waals surface area contributed by atoms with E-state index >= 15 is 0 Å². The van der Waals surface area contributed by atoms with Gasteiger partial charge in [-0.15, -0.1) is 0 Å². The fourth-order valence-electron chi connectivity index (χ4n) is 8.71. The van der Waals surface area contributed by atoms with E-state index in [0.29, 0.717) is 10.8 Å². The van der Waals surface area contributed by atoms with Gasteiger partial charge in [0.25, 0.3) is 0 Å². The van der Waals surface area contributed by atoms with Crippen LogP contribution in [0.2, 0.25) is 0 Å². The number of allylic oxidation sites excluding steroid dienone is 2. The Hall–Kier alpha value is -0.300. The molecular formula is C29H51N. The van der Waals surface area contributed by atoms with Crippen molar-refractivity contribution in [1.82, 2.24) is 5.32 Å². The van der Waals surface area contributed by atoms with Crippen LogP contribution in [0.4, 0.5) is 0 Å². The molecule has 0 aromatic rings. The van der Waals surface area contributed by atoms with Gasteiger partial charge in [-0.2, -0.15) is 0 Å². The lowest BCUT2D eigenvalue weighted by Gasteiger charge is -2.57. The van der Waals surface area contributed by atoms with E-state index in [9.17, 15) is 0 Å². The highest BCUT2D eigenvalue weighted by Gasteiger charge is 2.57. The van der Waals surface area contributed by atoms with Crippen LogP contribution >= 0.6 is 0 Å². The van der Waals surface area contributed by atoms with Crippen molar-refractivity contribution in [3.8, 4) is 0 Å². The van der Waals surface area contributed by atoms with Gasteiger partial charge in [-0.1, -0.05) is 70.9 Å². The molecule has 0 aromatic carbocycles. The van der Waals surface area contributed by atoms with Gasteiger partial charge in [0.15, 0.2) is 0 Å². The second kappa shape index (κ2) is 10.1. The maximum absolute atomic E-state index is 3.81. The third-order valence-corrected chi connectivity index (χ3v) is 10.6. The predicted molar refractivity (Wildman–Crippen MR) is 131 cm³/mol. The van der Waals surface area contributed by atoms with Gasteiger partial charge in [-0.3, -0.25) is 0 Å². The third-order valence-electron chi connectivity index (χ3n) is 10.6. The van der Waals surface area contributed by atoms with Crippen LogP contribution in [0.15, 0.2) is 11.6 Å². The molecule has 0 aliphatic heterocycles. The number of hydrogen-bond donors (Lipinski definition) is 1. The van der Waals surface area contributed by atoms with E-state index in [4.69, 9.17) is 0 Å². The van der Waals surface area contributed by atoms with E-state index in [1.165, 1.54) is 116 Å². The summed E-state index contributed by atoms with van der Waals surface area (Å²) in [6, 6.07) is 0. The maximum Gasteiger partial charge on any atom is -0.00461 e. The van der Waals surface area contributed by atoms with Crippen molar-refractivity contribution >= 4 is 0 Å². The molecule has 1 heteroatoms. The molecule has 4 aliphatic carbocycles. The highest BCUT2D eigenvalue weighted by atomic mass is 14.8. The van der Waals surface area contributed by atoms with Crippen molar-refractivity contribution in [3.05, 3.63) is 11.6 Å². The standard InChI is InChI=1S/C29H51N/c1-4-5-6-7-8-11-21-30-22-18-24-14-16-26-25-15-13-23-12-9-10-19-28(23,2)27(25)17-20-29(24,26)3/h13,24-27,30H,4-12,14-22H2,1-3H3/t24-,25+,26+,27+,28+,29-/m1/s1. The van der Waals surface area contributed by atoms with E-state index < -0.39 is 0 Å². The molecule has 0 aromatic heterocycles. The number of unbranched alkanes of at least 4 members (excludes halogenated alkanes) is 5. The highest BCUT2D eigenvalue weighted by molar-refractivity contribution is 5.24. The Bertz CT molecular complexity index is 579. The Balaban J connectivity index is 1.25. The summed E-state index contributed by atoms with van der Waals surface area (Å²) in [5.41, 5.74) is 3.07. The molecule has 0 saturated heterocycles. The zero-order valence-electron chi connectivity index (χ0n) is 20.6. The highest BCUT2D eigenvalue weighted by Crippen LogP contribution is 2.66. The van der Waals surface area contributed by atoms with Crippen molar-refractivity contribution in [2.24, 2.45) is 34.5 Å². The molecule has 0 radical (unpaired) electrons. The summed E-state index contributed by atoms with van der Waals surface area (Å²) in [6.45, 7) is 10.2. The quantitative estimate of drug-likeness (QED) is 0.280. The minimum atomic E-state index is 0.569. The summed E-state index contributed by atoms with van der Waals surface area (Å²) in [4.78, 5) is 0. The number of rotatable bonds is 10. The molecule has 0 bridgehead atoms. The third kappa shape index (κ3) is 4.44. The van der Waals surface area contributed by atoms with Crippen molar-refractivity contribution in [2.45, 2.75) is 124 Å². The minimum Gasteiger partial charge on any atom is -0.317 e. The summed E-state index contributed by atoms with van der Waals surface area (Å²) in [7, 11) is 0. The molecule has 3 saturated carbocycles. The lowest BCUT2D eigenvalue weighted by atomic mass is 9.47. The van der Waals surface area contributed by atoms with Gasteiger partial charge < -0.3 is 5.32 Å². The van der Waals surface area contributed by atoms with E-state index in [0.717, 1.165) is 23.7 Å². The zero-order chi connectivity index (χ0) is 21.0. The molecule has 0 unspecified atom stereocenters. The molecule has 0 amide bonds. The fraction of sp³-hybridized carbons (Fsp3) is 0.931. The summed E-state index contributed by atoms with van der Waals surface area (Å²) in [5, 5.41) is 3.81. The number of nitrogens with one attached hydrogen (secondary N) is 1. The van der Waals surface area contributed by atoms with Gasteiger partial charge in [0, 0.05) is 0 Å². The maximum atomic E-state index is 3.81. The first kappa shape index (κ1) is 22.9. The number of hydrogen-bond acceptors (Lipinski definition) is 1. The van der Waals surface area contributed by atoms with Crippen LogP contribution < -0.4 is 5.32 Å². The van der Waals surface area contributed by atoms with E-state index in [1.54, 1.807) is 0 Å². The van der Waals surface area contributed by atoms with Crippen LogP contribution in [-0.2, 0) is 0 Å². The van der Waals surface area contributed by atoms with E-state index in [2.05, 4.69) is 32.2 Å². The molecule has 30 heavy (non-hydrogen) atoms. The summed E-state index contributed by atoms with van der Waals surface area (Å²) >= 11 is 0.